The minimum absolute atomic E-state index is 0.368. The molecule has 0 radical (unpaired) electrons. The lowest BCUT2D eigenvalue weighted by Gasteiger charge is -2.32. The van der Waals surface area contributed by atoms with Gasteiger partial charge in [-0.1, -0.05) is 56.5 Å². The number of ether oxygens (including phenoxy) is 1. The van der Waals surface area contributed by atoms with Crippen molar-refractivity contribution in [3.63, 3.8) is 0 Å². The summed E-state index contributed by atoms with van der Waals surface area (Å²) >= 11 is 0. The minimum Gasteiger partial charge on any atom is -0.494 e. The van der Waals surface area contributed by atoms with Gasteiger partial charge in [-0.2, -0.15) is 0 Å². The first-order chi connectivity index (χ1) is 12.4. The molecule has 0 atom stereocenters. The van der Waals surface area contributed by atoms with Gasteiger partial charge in [0.1, 0.15) is 5.75 Å². The van der Waals surface area contributed by atoms with Crippen molar-refractivity contribution < 1.29 is 14.0 Å². The Morgan fingerprint density at radius 3 is 2.27 bits per heavy atom. The maximum atomic E-state index is 6.34. The highest BCUT2D eigenvalue weighted by atomic mass is 16.7. The fourth-order valence-electron chi connectivity index (χ4n) is 3.32. The zero-order valence-corrected chi connectivity index (χ0v) is 16.8. The van der Waals surface area contributed by atoms with Crippen LogP contribution in [0.4, 0.5) is 0 Å². The number of rotatable bonds is 7. The molecule has 1 aliphatic heterocycles. The average Bonchev–Trinajstić information content (AvgIpc) is 2.81. The van der Waals surface area contributed by atoms with E-state index in [0.29, 0.717) is 0 Å². The van der Waals surface area contributed by atoms with Crippen LogP contribution in [0.3, 0.4) is 0 Å². The molecule has 3 nitrogen and oxygen atoms in total. The van der Waals surface area contributed by atoms with Gasteiger partial charge < -0.3 is 14.0 Å². The van der Waals surface area contributed by atoms with Crippen LogP contribution in [0.15, 0.2) is 36.4 Å². The van der Waals surface area contributed by atoms with E-state index in [2.05, 4.69) is 71.0 Å². The summed E-state index contributed by atoms with van der Waals surface area (Å²) in [6.45, 7) is 11.3. The molecule has 0 saturated carbocycles. The summed E-state index contributed by atoms with van der Waals surface area (Å²) in [5, 5.41) is 2.31. The zero-order valence-electron chi connectivity index (χ0n) is 16.8. The zero-order chi connectivity index (χ0) is 18.8. The van der Waals surface area contributed by atoms with Gasteiger partial charge in [0.05, 0.1) is 17.8 Å². The molecule has 1 fully saturated rings. The Balaban J connectivity index is 1.92. The topological polar surface area (TPSA) is 27.7 Å². The van der Waals surface area contributed by atoms with E-state index < -0.39 is 7.12 Å². The molecule has 0 unspecified atom stereocenters. The molecular formula is C22H31BO3. The predicted molar refractivity (Wildman–Crippen MR) is 109 cm³/mol. The molecule has 140 valence electrons. The van der Waals surface area contributed by atoms with E-state index in [1.165, 1.54) is 24.6 Å². The summed E-state index contributed by atoms with van der Waals surface area (Å²) in [6, 6.07) is 12.5. The van der Waals surface area contributed by atoms with Crippen LogP contribution in [0.5, 0.6) is 5.75 Å². The van der Waals surface area contributed by atoms with Crippen molar-refractivity contribution in [3.05, 3.63) is 36.4 Å². The Kier molecular flexibility index (Phi) is 5.64. The van der Waals surface area contributed by atoms with E-state index in [1.807, 2.05) is 0 Å². The number of fused-ring (bicyclic) bond motifs is 1. The highest BCUT2D eigenvalue weighted by Crippen LogP contribution is 2.38. The molecule has 2 aromatic carbocycles. The second-order valence-corrected chi connectivity index (χ2v) is 8.20. The van der Waals surface area contributed by atoms with Gasteiger partial charge in [0.2, 0.25) is 0 Å². The molecule has 1 saturated heterocycles. The normalized spacial score (nSPS) is 18.4. The van der Waals surface area contributed by atoms with Crippen molar-refractivity contribution in [1.29, 1.82) is 0 Å². The van der Waals surface area contributed by atoms with Crippen LogP contribution < -0.4 is 10.2 Å². The largest absolute Gasteiger partial charge is 0.499 e. The van der Waals surface area contributed by atoms with E-state index in [0.717, 1.165) is 29.6 Å². The first-order valence-electron chi connectivity index (χ1n) is 9.86. The van der Waals surface area contributed by atoms with Crippen molar-refractivity contribution in [2.45, 2.75) is 71.5 Å². The molecule has 1 heterocycles. The quantitative estimate of drug-likeness (QED) is 0.512. The first-order valence-corrected chi connectivity index (χ1v) is 9.86. The Labute approximate surface area is 158 Å². The fourth-order valence-corrected chi connectivity index (χ4v) is 3.32. The number of hydrogen-bond donors (Lipinski definition) is 0. The second kappa shape index (κ2) is 7.62. The molecule has 4 heteroatoms. The molecule has 3 rings (SSSR count). The number of benzene rings is 2. The molecule has 0 amide bonds. The van der Waals surface area contributed by atoms with Gasteiger partial charge in [-0.25, -0.2) is 0 Å². The molecule has 0 aromatic heterocycles. The molecule has 0 N–H and O–H groups in total. The Morgan fingerprint density at radius 2 is 1.58 bits per heavy atom. The highest BCUT2D eigenvalue weighted by Gasteiger charge is 2.52. The van der Waals surface area contributed by atoms with Crippen LogP contribution in [0.1, 0.15) is 60.3 Å². The molecule has 0 bridgehead atoms. The number of unbranched alkanes of at least 4 members (excludes halogenated alkanes) is 3. The second-order valence-electron chi connectivity index (χ2n) is 8.20. The average molecular weight is 354 g/mol. The van der Waals surface area contributed by atoms with E-state index in [9.17, 15) is 0 Å². The Hall–Kier alpha value is -1.52. The van der Waals surface area contributed by atoms with Crippen LogP contribution in [-0.2, 0) is 9.31 Å². The lowest BCUT2D eigenvalue weighted by molar-refractivity contribution is 0.00578. The summed E-state index contributed by atoms with van der Waals surface area (Å²) in [6.07, 6.45) is 4.76. The Morgan fingerprint density at radius 1 is 0.885 bits per heavy atom. The Bertz CT molecular complexity index is 738. The smallest absolute Gasteiger partial charge is 0.494 e. The monoisotopic (exact) mass is 354 g/mol. The van der Waals surface area contributed by atoms with Gasteiger partial charge in [-0.3, -0.25) is 0 Å². The van der Waals surface area contributed by atoms with Gasteiger partial charge in [-0.15, -0.1) is 0 Å². The van der Waals surface area contributed by atoms with E-state index in [-0.39, 0.29) is 11.2 Å². The summed E-state index contributed by atoms with van der Waals surface area (Å²) in [5.41, 5.74) is 0.275. The SMILES string of the molecule is CCCCCCOc1ccc2ccccc2c1B1OC(C)(C)C(C)(C)O1. The van der Waals surface area contributed by atoms with E-state index in [4.69, 9.17) is 14.0 Å². The van der Waals surface area contributed by atoms with Crippen molar-refractivity contribution in [3.8, 4) is 5.75 Å². The van der Waals surface area contributed by atoms with Crippen LogP contribution in [-0.4, -0.2) is 24.9 Å². The fraction of sp³-hybridized carbons (Fsp3) is 0.545. The van der Waals surface area contributed by atoms with Crippen LogP contribution in [0.2, 0.25) is 0 Å². The van der Waals surface area contributed by atoms with E-state index >= 15 is 0 Å². The molecular weight excluding hydrogens is 323 g/mol. The van der Waals surface area contributed by atoms with E-state index in [1.54, 1.807) is 0 Å². The molecule has 0 aliphatic carbocycles. The third kappa shape index (κ3) is 3.77. The summed E-state index contributed by atoms with van der Waals surface area (Å²) in [4.78, 5) is 0. The highest BCUT2D eigenvalue weighted by molar-refractivity contribution is 6.66. The minimum atomic E-state index is -0.420. The maximum absolute atomic E-state index is 6.34. The lowest BCUT2D eigenvalue weighted by atomic mass is 9.75. The van der Waals surface area contributed by atoms with Crippen molar-refractivity contribution in [2.75, 3.05) is 6.61 Å². The van der Waals surface area contributed by atoms with Gasteiger partial charge in [0.25, 0.3) is 0 Å². The summed E-state index contributed by atoms with van der Waals surface area (Å²) < 4.78 is 18.9. The standard InChI is InChI=1S/C22H31BO3/c1-6-7-8-11-16-24-19-15-14-17-12-9-10-13-18(17)20(19)23-25-21(2,3)22(4,5)26-23/h9-10,12-15H,6-8,11,16H2,1-5H3. The predicted octanol–water partition coefficient (Wildman–Crippen LogP) is 5.10. The van der Waals surface area contributed by atoms with Gasteiger partial charge >= 0.3 is 7.12 Å². The van der Waals surface area contributed by atoms with Crippen molar-refractivity contribution in [1.82, 2.24) is 0 Å². The third-order valence-electron chi connectivity index (χ3n) is 5.68. The molecule has 2 aromatic rings. The van der Waals surface area contributed by atoms with Gasteiger partial charge in [-0.05, 0) is 51.0 Å². The number of hydrogen-bond acceptors (Lipinski definition) is 3. The summed E-state index contributed by atoms with van der Waals surface area (Å²) in [5.74, 6) is 0.874. The van der Waals surface area contributed by atoms with Crippen molar-refractivity contribution in [2.24, 2.45) is 0 Å². The maximum Gasteiger partial charge on any atom is 0.499 e. The lowest BCUT2D eigenvalue weighted by Crippen LogP contribution is -2.41. The molecule has 1 aliphatic rings. The molecule has 0 spiro atoms. The first kappa shape index (κ1) is 19.3. The summed E-state index contributed by atoms with van der Waals surface area (Å²) in [7, 11) is -0.420. The van der Waals surface area contributed by atoms with Crippen LogP contribution in [0, 0.1) is 0 Å². The van der Waals surface area contributed by atoms with Crippen LogP contribution in [0.25, 0.3) is 10.8 Å². The third-order valence-corrected chi connectivity index (χ3v) is 5.68. The molecule has 26 heavy (non-hydrogen) atoms. The van der Waals surface area contributed by atoms with Gasteiger partial charge in [0, 0.05) is 5.46 Å². The van der Waals surface area contributed by atoms with Crippen molar-refractivity contribution >= 4 is 23.4 Å². The van der Waals surface area contributed by atoms with Crippen LogP contribution >= 0.6 is 0 Å². The van der Waals surface area contributed by atoms with Gasteiger partial charge in [0.15, 0.2) is 0 Å².